The number of aromatic nitrogens is 3. The summed E-state index contributed by atoms with van der Waals surface area (Å²) in [6.45, 7) is 1.16. The Kier molecular flexibility index (Phi) is 5.62. The van der Waals surface area contributed by atoms with Gasteiger partial charge in [0.05, 0.1) is 22.8 Å². The standard InChI is InChI=1S/C21H20ClF3N6/c1-30(2)20-28-17-12-31(19-16(22)4-3-10-26-19)11-9-15(17)18(29-20)27-14-7-5-13(6-8-14)21(23,24)25/h3-8,10H,9,11-12H2,1-2H3,(H,27,28,29). The first-order chi connectivity index (χ1) is 14.7. The summed E-state index contributed by atoms with van der Waals surface area (Å²) >= 11 is 6.31. The fourth-order valence-corrected chi connectivity index (χ4v) is 3.63. The molecule has 10 heteroatoms. The predicted molar refractivity (Wildman–Crippen MR) is 115 cm³/mol. The zero-order valence-electron chi connectivity index (χ0n) is 16.9. The van der Waals surface area contributed by atoms with Gasteiger partial charge in [0.1, 0.15) is 11.6 Å². The van der Waals surface area contributed by atoms with E-state index in [1.165, 1.54) is 12.1 Å². The van der Waals surface area contributed by atoms with Gasteiger partial charge in [-0.2, -0.15) is 18.2 Å². The first-order valence-corrected chi connectivity index (χ1v) is 9.97. The third-order valence-electron chi connectivity index (χ3n) is 4.97. The van der Waals surface area contributed by atoms with Gasteiger partial charge < -0.3 is 15.1 Å². The molecule has 0 aliphatic carbocycles. The van der Waals surface area contributed by atoms with Crippen LogP contribution in [-0.4, -0.2) is 35.6 Å². The van der Waals surface area contributed by atoms with E-state index in [0.717, 1.165) is 23.4 Å². The van der Waals surface area contributed by atoms with Crippen LogP contribution in [0.25, 0.3) is 0 Å². The van der Waals surface area contributed by atoms with E-state index in [9.17, 15) is 13.2 Å². The summed E-state index contributed by atoms with van der Waals surface area (Å²) in [5, 5.41) is 3.73. The third-order valence-corrected chi connectivity index (χ3v) is 5.26. The molecule has 0 saturated carbocycles. The number of nitrogens with one attached hydrogen (secondary N) is 1. The lowest BCUT2D eigenvalue weighted by atomic mass is 10.0. The Morgan fingerprint density at radius 3 is 2.48 bits per heavy atom. The van der Waals surface area contributed by atoms with E-state index in [1.54, 1.807) is 23.2 Å². The molecular formula is C21H20ClF3N6. The number of pyridine rings is 1. The number of hydrogen-bond acceptors (Lipinski definition) is 6. The molecule has 1 aromatic carbocycles. The van der Waals surface area contributed by atoms with Crippen LogP contribution in [-0.2, 0) is 19.1 Å². The van der Waals surface area contributed by atoms with E-state index in [0.29, 0.717) is 47.8 Å². The summed E-state index contributed by atoms with van der Waals surface area (Å²) < 4.78 is 38.6. The minimum atomic E-state index is -4.37. The maximum Gasteiger partial charge on any atom is 0.416 e. The first kappa shape index (κ1) is 21.2. The van der Waals surface area contributed by atoms with Gasteiger partial charge >= 0.3 is 6.18 Å². The average molecular weight is 449 g/mol. The van der Waals surface area contributed by atoms with Crippen LogP contribution in [0.15, 0.2) is 42.6 Å². The first-order valence-electron chi connectivity index (χ1n) is 9.59. The molecule has 0 amide bonds. The number of fused-ring (bicyclic) bond motifs is 1. The Labute approximate surface area is 182 Å². The molecule has 162 valence electrons. The minimum Gasteiger partial charge on any atom is -0.349 e. The van der Waals surface area contributed by atoms with Crippen molar-refractivity contribution < 1.29 is 13.2 Å². The summed E-state index contributed by atoms with van der Waals surface area (Å²) in [7, 11) is 3.67. The van der Waals surface area contributed by atoms with Crippen LogP contribution >= 0.6 is 11.6 Å². The molecule has 6 nitrogen and oxygen atoms in total. The Morgan fingerprint density at radius 2 is 1.84 bits per heavy atom. The summed E-state index contributed by atoms with van der Waals surface area (Å²) in [6.07, 6.45) is -2.04. The number of rotatable bonds is 4. The van der Waals surface area contributed by atoms with Crippen molar-refractivity contribution in [1.29, 1.82) is 0 Å². The van der Waals surface area contributed by atoms with E-state index >= 15 is 0 Å². The second-order valence-corrected chi connectivity index (χ2v) is 7.78. The van der Waals surface area contributed by atoms with Crippen molar-refractivity contribution in [2.45, 2.75) is 19.1 Å². The molecule has 2 aromatic heterocycles. The summed E-state index contributed by atoms with van der Waals surface area (Å²) in [5.74, 6) is 1.78. The van der Waals surface area contributed by atoms with Gasteiger partial charge in [-0.05, 0) is 42.8 Å². The molecule has 0 unspecified atom stereocenters. The Morgan fingerprint density at radius 1 is 1.10 bits per heavy atom. The number of hydrogen-bond donors (Lipinski definition) is 1. The fourth-order valence-electron chi connectivity index (χ4n) is 3.39. The molecule has 0 bridgehead atoms. The SMILES string of the molecule is CN(C)c1nc2c(c(Nc3ccc(C(F)(F)F)cc3)n1)CCN(c1ncccc1Cl)C2. The van der Waals surface area contributed by atoms with Crippen molar-refractivity contribution in [2.75, 3.05) is 35.8 Å². The number of alkyl halides is 3. The highest BCUT2D eigenvalue weighted by Crippen LogP contribution is 2.33. The molecule has 1 N–H and O–H groups in total. The highest BCUT2D eigenvalue weighted by atomic mass is 35.5. The smallest absolute Gasteiger partial charge is 0.349 e. The number of nitrogens with zero attached hydrogens (tertiary/aromatic N) is 5. The van der Waals surface area contributed by atoms with Crippen molar-refractivity contribution in [3.05, 3.63) is 64.4 Å². The largest absolute Gasteiger partial charge is 0.416 e. The topological polar surface area (TPSA) is 57.2 Å². The van der Waals surface area contributed by atoms with E-state index in [-0.39, 0.29) is 0 Å². The van der Waals surface area contributed by atoms with Crippen LogP contribution < -0.4 is 15.1 Å². The summed E-state index contributed by atoms with van der Waals surface area (Å²) in [5.41, 5.74) is 1.57. The van der Waals surface area contributed by atoms with E-state index in [4.69, 9.17) is 11.6 Å². The molecule has 3 heterocycles. The molecule has 31 heavy (non-hydrogen) atoms. The van der Waals surface area contributed by atoms with Gasteiger partial charge in [-0.3, -0.25) is 0 Å². The maximum atomic E-state index is 12.9. The van der Waals surface area contributed by atoms with Gasteiger partial charge in [0, 0.05) is 38.1 Å². The number of halogens is 4. The summed E-state index contributed by atoms with van der Waals surface area (Å²) in [4.78, 5) is 17.5. The van der Waals surface area contributed by atoms with E-state index in [2.05, 4.69) is 25.2 Å². The third kappa shape index (κ3) is 4.51. The Hall–Kier alpha value is -3.07. The second-order valence-electron chi connectivity index (χ2n) is 7.37. The van der Waals surface area contributed by atoms with Crippen LogP contribution in [0.4, 0.5) is 36.4 Å². The van der Waals surface area contributed by atoms with Crippen molar-refractivity contribution in [3.63, 3.8) is 0 Å². The zero-order valence-corrected chi connectivity index (χ0v) is 17.7. The predicted octanol–water partition coefficient (Wildman–Crippen LogP) is 4.92. The van der Waals surface area contributed by atoms with Crippen molar-refractivity contribution in [2.24, 2.45) is 0 Å². The second kappa shape index (κ2) is 8.22. The van der Waals surface area contributed by atoms with E-state index in [1.807, 2.05) is 14.1 Å². The van der Waals surface area contributed by atoms with Gasteiger partial charge in [0.25, 0.3) is 0 Å². The minimum absolute atomic E-state index is 0.497. The van der Waals surface area contributed by atoms with Crippen LogP contribution in [0.5, 0.6) is 0 Å². The van der Waals surface area contributed by atoms with Crippen LogP contribution in [0.2, 0.25) is 5.02 Å². The van der Waals surface area contributed by atoms with Gasteiger partial charge in [-0.25, -0.2) is 9.97 Å². The van der Waals surface area contributed by atoms with Crippen LogP contribution in [0.3, 0.4) is 0 Å². The monoisotopic (exact) mass is 448 g/mol. The molecule has 0 saturated heterocycles. The van der Waals surface area contributed by atoms with Gasteiger partial charge in [0.15, 0.2) is 0 Å². The Balaban J connectivity index is 1.66. The maximum absolute atomic E-state index is 12.9. The average Bonchev–Trinajstić information content (AvgIpc) is 2.73. The van der Waals surface area contributed by atoms with Gasteiger partial charge in [-0.15, -0.1) is 0 Å². The molecule has 0 atom stereocenters. The highest BCUT2D eigenvalue weighted by molar-refractivity contribution is 6.32. The molecule has 3 aromatic rings. The quantitative estimate of drug-likeness (QED) is 0.611. The molecule has 1 aliphatic rings. The molecule has 0 spiro atoms. The van der Waals surface area contributed by atoms with Gasteiger partial charge in [0.2, 0.25) is 5.95 Å². The van der Waals surface area contributed by atoms with Crippen LogP contribution in [0.1, 0.15) is 16.8 Å². The molecular weight excluding hydrogens is 429 g/mol. The lowest BCUT2D eigenvalue weighted by Gasteiger charge is -2.31. The van der Waals surface area contributed by atoms with Crippen molar-refractivity contribution in [1.82, 2.24) is 15.0 Å². The molecule has 0 radical (unpaired) electrons. The van der Waals surface area contributed by atoms with Crippen LogP contribution in [0, 0.1) is 0 Å². The van der Waals surface area contributed by atoms with E-state index < -0.39 is 11.7 Å². The highest BCUT2D eigenvalue weighted by Gasteiger charge is 2.30. The molecule has 0 fully saturated rings. The van der Waals surface area contributed by atoms with Gasteiger partial charge in [-0.1, -0.05) is 11.6 Å². The number of benzene rings is 1. The molecule has 1 aliphatic heterocycles. The normalized spacial score (nSPS) is 13.7. The lowest BCUT2D eigenvalue weighted by molar-refractivity contribution is -0.137. The number of anilines is 4. The zero-order chi connectivity index (χ0) is 22.2. The lowest BCUT2D eigenvalue weighted by Crippen LogP contribution is -2.33. The fraction of sp³-hybridized carbons (Fsp3) is 0.286. The molecule has 4 rings (SSSR count). The summed E-state index contributed by atoms with van der Waals surface area (Å²) in [6, 6.07) is 8.47. The van der Waals surface area contributed by atoms with Crippen molar-refractivity contribution >= 4 is 34.9 Å². The van der Waals surface area contributed by atoms with Crippen molar-refractivity contribution in [3.8, 4) is 0 Å². The Bertz CT molecular complexity index is 1090.